The van der Waals surface area contributed by atoms with Crippen LogP contribution in [0.25, 0.3) is 121 Å². The highest BCUT2D eigenvalue weighted by Gasteiger charge is 2.38. The van der Waals surface area contributed by atoms with Crippen molar-refractivity contribution in [2.75, 3.05) is 4.90 Å². The number of anilines is 3. The Morgan fingerprint density at radius 1 is 0.321 bits per heavy atom. The van der Waals surface area contributed by atoms with E-state index in [1.165, 1.54) is 132 Å². The van der Waals surface area contributed by atoms with E-state index in [2.05, 4.69) is 303 Å². The van der Waals surface area contributed by atoms with Crippen molar-refractivity contribution in [3.8, 4) is 56.0 Å². The molecular formula is C78H55N3. The van der Waals surface area contributed by atoms with Gasteiger partial charge in [-0.3, -0.25) is 0 Å². The number of hydrogen-bond donors (Lipinski definition) is 0. The van der Waals surface area contributed by atoms with Crippen LogP contribution < -0.4 is 4.90 Å². The summed E-state index contributed by atoms with van der Waals surface area (Å²) < 4.78 is 5.02. The van der Waals surface area contributed by atoms with Gasteiger partial charge >= 0.3 is 0 Å². The SMILES string of the molecule is CC1(C)c2ccccc2-c2ccc(N(c3ccc4c(c3)c3ccccc3n4-c3ccccc3)c3ccc4ccc5c6c(ccc3c46)cc3c(-c4ccccc4)c(-c4ccccc4)n(-c4ccc6c(c4)C(C)(C)c4ccccc4-6)c35)cc21. The largest absolute Gasteiger partial charge is 0.310 e. The lowest BCUT2D eigenvalue weighted by Gasteiger charge is -2.30. The first-order valence-corrected chi connectivity index (χ1v) is 28.5. The average molecular weight is 1030 g/mol. The fourth-order valence-corrected chi connectivity index (χ4v) is 14.9. The molecule has 15 aromatic rings. The standard InChI is InChI=1S/C78H55N3/c1-77(2)65-29-17-14-26-56(65)58-40-35-54(46-67(58)77)79(53-37-43-71-63(45-53)60-28-16-19-31-69(60)80(71)52-24-12-7-13-25-52)70-42-34-49-32-39-62-73-51(33-38-61(70)72(49)73)44-64-74(48-20-8-5-9-21-48)75(50-22-10-6-11-23-50)81(76(62)64)55-36-41-59-57-27-15-18-30-66(57)78(3,4)68(59)47-55/h5-47H,1-4H3. The summed E-state index contributed by atoms with van der Waals surface area (Å²) in [5.74, 6) is 0. The van der Waals surface area contributed by atoms with E-state index in [4.69, 9.17) is 0 Å². The third-order valence-corrected chi connectivity index (χ3v) is 18.6. The van der Waals surface area contributed by atoms with Crippen molar-refractivity contribution < 1.29 is 0 Å². The Morgan fingerprint density at radius 3 is 1.60 bits per heavy atom. The van der Waals surface area contributed by atoms with Crippen molar-refractivity contribution in [3.05, 3.63) is 283 Å². The second-order valence-corrected chi connectivity index (χ2v) is 23.6. The zero-order valence-corrected chi connectivity index (χ0v) is 45.7. The van der Waals surface area contributed by atoms with Crippen LogP contribution >= 0.6 is 0 Å². The highest BCUT2D eigenvalue weighted by Crippen LogP contribution is 2.55. The van der Waals surface area contributed by atoms with Gasteiger partial charge in [0.2, 0.25) is 0 Å². The first-order chi connectivity index (χ1) is 39.7. The first kappa shape index (κ1) is 46.0. The van der Waals surface area contributed by atoms with Crippen LogP contribution in [0.5, 0.6) is 0 Å². The van der Waals surface area contributed by atoms with Crippen LogP contribution in [0, 0.1) is 0 Å². The van der Waals surface area contributed by atoms with E-state index in [0.29, 0.717) is 0 Å². The van der Waals surface area contributed by atoms with Crippen molar-refractivity contribution in [2.45, 2.75) is 38.5 Å². The molecule has 3 nitrogen and oxygen atoms in total. The number of fused-ring (bicyclic) bond motifs is 11. The second-order valence-electron chi connectivity index (χ2n) is 23.6. The molecule has 13 aromatic carbocycles. The molecular weight excluding hydrogens is 979 g/mol. The van der Waals surface area contributed by atoms with Gasteiger partial charge in [0.05, 0.1) is 27.9 Å². The van der Waals surface area contributed by atoms with Crippen LogP contribution in [0.2, 0.25) is 0 Å². The van der Waals surface area contributed by atoms with Gasteiger partial charge in [-0.25, -0.2) is 0 Å². The smallest absolute Gasteiger partial charge is 0.0620 e. The fourth-order valence-electron chi connectivity index (χ4n) is 14.9. The monoisotopic (exact) mass is 1030 g/mol. The van der Waals surface area contributed by atoms with Gasteiger partial charge in [0, 0.05) is 66.1 Å². The molecule has 0 saturated heterocycles. The lowest BCUT2D eigenvalue weighted by molar-refractivity contribution is 0.660. The van der Waals surface area contributed by atoms with E-state index < -0.39 is 0 Å². The maximum absolute atomic E-state index is 2.61. The highest BCUT2D eigenvalue weighted by atomic mass is 15.1. The topological polar surface area (TPSA) is 13.1 Å². The average Bonchev–Trinajstić information content (AvgIpc) is 4.37. The van der Waals surface area contributed by atoms with E-state index >= 15 is 0 Å². The Hall–Kier alpha value is -9.96. The minimum absolute atomic E-state index is 0.170. The second kappa shape index (κ2) is 16.8. The van der Waals surface area contributed by atoms with Crippen molar-refractivity contribution >= 4 is 82.1 Å². The minimum atomic E-state index is -0.181. The Bertz CT molecular complexity index is 5090. The highest BCUT2D eigenvalue weighted by molar-refractivity contribution is 6.32. The van der Waals surface area contributed by atoms with Crippen LogP contribution in [-0.2, 0) is 10.8 Å². The molecule has 2 aromatic heterocycles. The van der Waals surface area contributed by atoms with Gasteiger partial charge in [-0.1, -0.05) is 216 Å². The summed E-state index contributed by atoms with van der Waals surface area (Å²) in [6, 6.07) is 98.1. The van der Waals surface area contributed by atoms with Gasteiger partial charge < -0.3 is 14.0 Å². The summed E-state index contributed by atoms with van der Waals surface area (Å²) in [7, 11) is 0. The summed E-state index contributed by atoms with van der Waals surface area (Å²) in [6.45, 7) is 9.55. The van der Waals surface area contributed by atoms with E-state index in [-0.39, 0.29) is 10.8 Å². The number of aromatic nitrogens is 2. The molecule has 17 rings (SSSR count). The maximum Gasteiger partial charge on any atom is 0.0620 e. The van der Waals surface area contributed by atoms with Gasteiger partial charge in [-0.2, -0.15) is 0 Å². The molecule has 0 aliphatic heterocycles. The van der Waals surface area contributed by atoms with Crippen LogP contribution in [0.1, 0.15) is 49.9 Å². The van der Waals surface area contributed by atoms with E-state index in [9.17, 15) is 0 Å². The zero-order chi connectivity index (χ0) is 53.9. The molecule has 0 unspecified atom stereocenters. The quantitative estimate of drug-likeness (QED) is 0.145. The number of nitrogens with zero attached hydrogens (tertiary/aromatic N) is 3. The molecule has 0 saturated carbocycles. The van der Waals surface area contributed by atoms with Gasteiger partial charge in [0.15, 0.2) is 0 Å². The Kier molecular flexibility index (Phi) is 9.53. The third-order valence-electron chi connectivity index (χ3n) is 18.6. The summed E-state index contributed by atoms with van der Waals surface area (Å²) in [4.78, 5) is 2.54. The molecule has 0 amide bonds. The van der Waals surface area contributed by atoms with E-state index in [0.717, 1.165) is 28.4 Å². The molecule has 2 aliphatic carbocycles. The normalized spacial score (nSPS) is 13.9. The predicted molar refractivity (Wildman–Crippen MR) is 342 cm³/mol. The Balaban J connectivity index is 0.957. The molecule has 0 radical (unpaired) electrons. The van der Waals surface area contributed by atoms with Gasteiger partial charge in [0.25, 0.3) is 0 Å². The molecule has 0 spiro atoms. The maximum atomic E-state index is 2.61. The van der Waals surface area contributed by atoms with E-state index in [1.807, 2.05) is 0 Å². The summed E-state index contributed by atoms with van der Waals surface area (Å²) in [5.41, 5.74) is 24.5. The van der Waals surface area contributed by atoms with Crippen molar-refractivity contribution in [3.63, 3.8) is 0 Å². The Morgan fingerprint density at radius 2 is 0.864 bits per heavy atom. The molecule has 3 heteroatoms. The summed E-state index contributed by atoms with van der Waals surface area (Å²) >= 11 is 0. The van der Waals surface area contributed by atoms with Crippen LogP contribution in [0.3, 0.4) is 0 Å². The molecule has 2 heterocycles. The lowest BCUT2D eigenvalue weighted by Crippen LogP contribution is -2.16. The third kappa shape index (κ3) is 6.40. The molecule has 0 bridgehead atoms. The number of hydrogen-bond acceptors (Lipinski definition) is 1. The molecule has 0 N–H and O–H groups in total. The van der Waals surface area contributed by atoms with Gasteiger partial charge in [-0.05, 0) is 150 Å². The molecule has 0 fully saturated rings. The molecule has 2 aliphatic rings. The summed E-state index contributed by atoms with van der Waals surface area (Å²) in [5, 5.41) is 11.1. The Labute approximate surface area is 471 Å². The van der Waals surface area contributed by atoms with Gasteiger partial charge in [-0.15, -0.1) is 0 Å². The van der Waals surface area contributed by atoms with Crippen molar-refractivity contribution in [2.24, 2.45) is 0 Å². The van der Waals surface area contributed by atoms with Crippen LogP contribution in [0.15, 0.2) is 261 Å². The molecule has 0 atom stereocenters. The fraction of sp³-hybridized carbons (Fsp3) is 0.0769. The van der Waals surface area contributed by atoms with Crippen molar-refractivity contribution in [1.82, 2.24) is 9.13 Å². The minimum Gasteiger partial charge on any atom is -0.310 e. The molecule has 81 heavy (non-hydrogen) atoms. The van der Waals surface area contributed by atoms with Crippen molar-refractivity contribution in [1.29, 1.82) is 0 Å². The number of rotatable bonds is 7. The van der Waals surface area contributed by atoms with Crippen LogP contribution in [-0.4, -0.2) is 9.13 Å². The predicted octanol–water partition coefficient (Wildman–Crippen LogP) is 21.0. The zero-order valence-electron chi connectivity index (χ0n) is 45.7. The number of para-hydroxylation sites is 2. The summed E-state index contributed by atoms with van der Waals surface area (Å²) in [6.07, 6.45) is 0. The lowest BCUT2D eigenvalue weighted by atomic mass is 9.82. The van der Waals surface area contributed by atoms with Crippen LogP contribution in [0.4, 0.5) is 17.1 Å². The first-order valence-electron chi connectivity index (χ1n) is 28.5. The van der Waals surface area contributed by atoms with Gasteiger partial charge in [0.1, 0.15) is 0 Å². The van der Waals surface area contributed by atoms with E-state index in [1.54, 1.807) is 0 Å². The number of benzene rings is 13. The molecule has 382 valence electrons.